The fourth-order valence-electron chi connectivity index (χ4n) is 3.11. The second-order valence-corrected chi connectivity index (χ2v) is 6.85. The average molecular weight is 363 g/mol. The van der Waals surface area contributed by atoms with Crippen LogP contribution in [0.5, 0.6) is 0 Å². The second kappa shape index (κ2) is 8.54. The Morgan fingerprint density at radius 1 is 1.19 bits per heavy atom. The van der Waals surface area contributed by atoms with Gasteiger partial charge in [-0.3, -0.25) is 0 Å². The van der Waals surface area contributed by atoms with Gasteiger partial charge in [0.2, 0.25) is 0 Å². The number of nitrogens with one attached hydrogen (secondary N) is 1. The number of piperazine rings is 1. The largest absolute Gasteiger partial charge is 0.353 e. The Morgan fingerprint density at radius 2 is 1.89 bits per heavy atom. The van der Waals surface area contributed by atoms with Gasteiger partial charge in [0.05, 0.1) is 5.56 Å². The molecule has 0 spiro atoms. The van der Waals surface area contributed by atoms with Gasteiger partial charge in [-0.2, -0.15) is 5.26 Å². The van der Waals surface area contributed by atoms with Crippen LogP contribution in [0.4, 0.5) is 16.3 Å². The number of hydrogen-bond donors (Lipinski definition) is 1. The number of aromatic nitrogens is 1. The molecule has 1 aromatic heterocycles. The van der Waals surface area contributed by atoms with Crippen molar-refractivity contribution in [3.63, 3.8) is 0 Å². The molecule has 3 rings (SSSR count). The third-order valence-corrected chi connectivity index (χ3v) is 5.11. The minimum Gasteiger partial charge on any atom is -0.353 e. The Hall–Kier alpha value is -3.07. The van der Waals surface area contributed by atoms with Crippen LogP contribution in [0.2, 0.25) is 0 Å². The van der Waals surface area contributed by atoms with E-state index in [-0.39, 0.29) is 6.03 Å². The van der Waals surface area contributed by atoms with Gasteiger partial charge in [-0.25, -0.2) is 9.78 Å². The van der Waals surface area contributed by atoms with E-state index in [1.54, 1.807) is 12.3 Å². The van der Waals surface area contributed by atoms with Crippen LogP contribution in [0.3, 0.4) is 0 Å². The van der Waals surface area contributed by atoms with Gasteiger partial charge in [0.25, 0.3) is 0 Å². The lowest BCUT2D eigenvalue weighted by Crippen LogP contribution is -2.50. The highest BCUT2D eigenvalue weighted by atomic mass is 16.2. The predicted molar refractivity (Wildman–Crippen MR) is 107 cm³/mol. The van der Waals surface area contributed by atoms with Crippen LogP contribution in [-0.4, -0.2) is 42.1 Å². The number of anilines is 2. The summed E-state index contributed by atoms with van der Waals surface area (Å²) in [6.45, 7) is 7.10. The zero-order valence-electron chi connectivity index (χ0n) is 15.9. The van der Waals surface area contributed by atoms with Gasteiger partial charge in [0, 0.05) is 38.1 Å². The topological polar surface area (TPSA) is 72.3 Å². The summed E-state index contributed by atoms with van der Waals surface area (Å²) >= 11 is 0. The Labute approximate surface area is 160 Å². The summed E-state index contributed by atoms with van der Waals surface area (Å²) in [6.07, 6.45) is 2.68. The van der Waals surface area contributed by atoms with Crippen LogP contribution in [0.25, 0.3) is 0 Å². The van der Waals surface area contributed by atoms with E-state index >= 15 is 0 Å². The van der Waals surface area contributed by atoms with Crippen molar-refractivity contribution >= 4 is 17.5 Å². The molecule has 1 atom stereocenters. The minimum atomic E-state index is -0.0706. The lowest BCUT2D eigenvalue weighted by molar-refractivity contribution is 0.208. The molecule has 0 bridgehead atoms. The molecule has 140 valence electrons. The molecule has 1 aliphatic rings. The SMILES string of the molecule is CCC(C)c1ccc(NC(=O)N2CCN(c3ccc(C#N)cn3)CC2)cc1. The summed E-state index contributed by atoms with van der Waals surface area (Å²) < 4.78 is 0. The maximum Gasteiger partial charge on any atom is 0.321 e. The monoisotopic (exact) mass is 363 g/mol. The Morgan fingerprint density at radius 3 is 2.44 bits per heavy atom. The van der Waals surface area contributed by atoms with Crippen molar-refractivity contribution in [3.8, 4) is 6.07 Å². The number of pyridine rings is 1. The van der Waals surface area contributed by atoms with Crippen molar-refractivity contribution in [1.82, 2.24) is 9.88 Å². The first-order valence-electron chi connectivity index (χ1n) is 9.37. The highest BCUT2D eigenvalue weighted by molar-refractivity contribution is 5.89. The van der Waals surface area contributed by atoms with Gasteiger partial charge in [-0.15, -0.1) is 0 Å². The Balaban J connectivity index is 1.53. The van der Waals surface area contributed by atoms with Crippen LogP contribution in [0.1, 0.15) is 37.3 Å². The third kappa shape index (κ3) is 4.56. The molecule has 0 radical (unpaired) electrons. The van der Waals surface area contributed by atoms with E-state index in [0.29, 0.717) is 24.6 Å². The molecule has 1 saturated heterocycles. The summed E-state index contributed by atoms with van der Waals surface area (Å²) in [5.41, 5.74) is 2.67. The van der Waals surface area contributed by atoms with Crippen molar-refractivity contribution in [2.75, 3.05) is 36.4 Å². The first-order chi connectivity index (χ1) is 13.1. The number of hydrogen-bond acceptors (Lipinski definition) is 4. The number of amides is 2. The van der Waals surface area contributed by atoms with Crippen molar-refractivity contribution in [2.24, 2.45) is 0 Å². The number of carbonyl (C=O) groups is 1. The van der Waals surface area contributed by atoms with E-state index in [0.717, 1.165) is 31.0 Å². The Bertz CT molecular complexity index is 802. The number of nitrogens with zero attached hydrogens (tertiary/aromatic N) is 4. The summed E-state index contributed by atoms with van der Waals surface area (Å²) in [6, 6.07) is 13.7. The molecule has 1 fully saturated rings. The predicted octanol–water partition coefficient (Wildman–Crippen LogP) is 3.82. The summed E-state index contributed by atoms with van der Waals surface area (Å²) in [7, 11) is 0. The van der Waals surface area contributed by atoms with Crippen LogP contribution in [-0.2, 0) is 0 Å². The van der Waals surface area contributed by atoms with Gasteiger partial charge in [-0.1, -0.05) is 26.0 Å². The Kier molecular flexibility index (Phi) is 5.92. The number of carbonyl (C=O) groups excluding carboxylic acids is 1. The maximum atomic E-state index is 12.5. The molecule has 0 saturated carbocycles. The van der Waals surface area contributed by atoms with Gasteiger partial charge < -0.3 is 15.1 Å². The van der Waals surface area contributed by atoms with E-state index in [1.807, 2.05) is 23.1 Å². The lowest BCUT2D eigenvalue weighted by Gasteiger charge is -2.35. The molecule has 1 unspecified atom stereocenters. The molecular formula is C21H25N5O. The molecule has 1 N–H and O–H groups in total. The summed E-state index contributed by atoms with van der Waals surface area (Å²) in [5, 5.41) is 11.8. The third-order valence-electron chi connectivity index (χ3n) is 5.11. The van der Waals surface area contributed by atoms with E-state index in [2.05, 4.69) is 47.3 Å². The zero-order valence-corrected chi connectivity index (χ0v) is 15.9. The molecule has 27 heavy (non-hydrogen) atoms. The molecule has 6 nitrogen and oxygen atoms in total. The van der Waals surface area contributed by atoms with Crippen LogP contribution in [0.15, 0.2) is 42.6 Å². The number of urea groups is 1. The fraction of sp³-hybridized carbons (Fsp3) is 0.381. The standard InChI is InChI=1S/C21H25N5O/c1-3-16(2)18-5-7-19(8-6-18)24-21(27)26-12-10-25(11-13-26)20-9-4-17(14-22)15-23-20/h4-9,15-16H,3,10-13H2,1-2H3,(H,24,27). The van der Waals surface area contributed by atoms with Gasteiger partial charge in [0.15, 0.2) is 0 Å². The molecule has 2 heterocycles. The number of rotatable bonds is 4. The molecule has 0 aliphatic carbocycles. The normalized spacial score (nSPS) is 15.1. The van der Waals surface area contributed by atoms with Crippen LogP contribution < -0.4 is 10.2 Å². The molecule has 2 aromatic rings. The number of nitriles is 1. The second-order valence-electron chi connectivity index (χ2n) is 6.85. The molecular weight excluding hydrogens is 338 g/mol. The van der Waals surface area contributed by atoms with Crippen LogP contribution >= 0.6 is 0 Å². The molecule has 6 heteroatoms. The number of benzene rings is 1. The van der Waals surface area contributed by atoms with Gasteiger partial charge >= 0.3 is 6.03 Å². The molecule has 1 aromatic carbocycles. The van der Waals surface area contributed by atoms with Crippen molar-refractivity contribution in [1.29, 1.82) is 5.26 Å². The highest BCUT2D eigenvalue weighted by Crippen LogP contribution is 2.21. The summed E-state index contributed by atoms with van der Waals surface area (Å²) in [4.78, 5) is 20.8. The van der Waals surface area contributed by atoms with E-state index in [9.17, 15) is 4.79 Å². The maximum absolute atomic E-state index is 12.5. The molecule has 2 amide bonds. The first kappa shape index (κ1) is 18.7. The van der Waals surface area contributed by atoms with Gasteiger partial charge in [-0.05, 0) is 42.2 Å². The average Bonchev–Trinajstić information content (AvgIpc) is 2.74. The smallest absolute Gasteiger partial charge is 0.321 e. The molecule has 1 aliphatic heterocycles. The zero-order chi connectivity index (χ0) is 19.2. The van der Waals surface area contributed by atoms with E-state index in [1.165, 1.54) is 5.56 Å². The highest BCUT2D eigenvalue weighted by Gasteiger charge is 2.22. The van der Waals surface area contributed by atoms with E-state index < -0.39 is 0 Å². The van der Waals surface area contributed by atoms with Gasteiger partial charge in [0.1, 0.15) is 11.9 Å². The first-order valence-corrected chi connectivity index (χ1v) is 9.37. The van der Waals surface area contributed by atoms with E-state index in [4.69, 9.17) is 5.26 Å². The summed E-state index contributed by atoms with van der Waals surface area (Å²) in [5.74, 6) is 1.37. The van der Waals surface area contributed by atoms with Crippen LogP contribution in [0, 0.1) is 11.3 Å². The lowest BCUT2D eigenvalue weighted by atomic mass is 9.99. The van der Waals surface area contributed by atoms with Crippen molar-refractivity contribution in [2.45, 2.75) is 26.2 Å². The minimum absolute atomic E-state index is 0.0706. The fourth-order valence-corrected chi connectivity index (χ4v) is 3.11. The van der Waals surface area contributed by atoms with Crippen molar-refractivity contribution in [3.05, 3.63) is 53.7 Å². The van der Waals surface area contributed by atoms with Crippen molar-refractivity contribution < 1.29 is 4.79 Å². The quantitative estimate of drug-likeness (QED) is 0.896.